The third kappa shape index (κ3) is 4.85. The molecule has 3 heterocycles. The van der Waals surface area contributed by atoms with Gasteiger partial charge >= 0.3 is 0 Å². The van der Waals surface area contributed by atoms with E-state index >= 15 is 0 Å². The highest BCUT2D eigenvalue weighted by Gasteiger charge is 2.25. The highest BCUT2D eigenvalue weighted by molar-refractivity contribution is 6.20. The average molecular weight is 671 g/mol. The minimum absolute atomic E-state index is 0.0243. The second kappa shape index (κ2) is 11.8. The van der Waals surface area contributed by atoms with E-state index in [1.165, 1.54) is 33.4 Å². The first-order chi connectivity index (χ1) is 25.2. The van der Waals surface area contributed by atoms with Crippen molar-refractivity contribution in [2.45, 2.75) is 40.0 Å². The zero-order valence-electron chi connectivity index (χ0n) is 30.1. The average Bonchev–Trinajstić information content (AvgIpc) is 3.67. The van der Waals surface area contributed by atoms with E-state index in [1.807, 2.05) is 6.07 Å². The van der Waals surface area contributed by atoms with Crippen LogP contribution in [0.25, 0.3) is 77.5 Å². The molecule has 0 radical (unpaired) electrons. The fourth-order valence-corrected chi connectivity index (χ4v) is 8.00. The highest BCUT2D eigenvalue weighted by atomic mass is 15.1. The highest BCUT2D eigenvalue weighted by Crippen LogP contribution is 2.42. The number of aryl methyl sites for hydroxylation is 2. The smallest absolute Gasteiger partial charge is 0.149 e. The Hall–Kier alpha value is -6.44. The third-order valence-corrected chi connectivity index (χ3v) is 10.6. The molecule has 0 amide bonds. The number of aromatic nitrogens is 3. The summed E-state index contributed by atoms with van der Waals surface area (Å²) in [4.78, 5) is 5.56. The molecule has 0 bridgehead atoms. The van der Waals surface area contributed by atoms with E-state index < -0.39 is 0 Å². The maximum atomic E-state index is 11.0. The lowest BCUT2D eigenvalue weighted by Gasteiger charge is -2.20. The molecular formula is C48H38N4. The fraction of sp³-hybridized carbons (Fsp3) is 0.125. The van der Waals surface area contributed by atoms with Crippen LogP contribution in [0, 0.1) is 25.2 Å². The van der Waals surface area contributed by atoms with Gasteiger partial charge in [-0.15, -0.1) is 0 Å². The van der Waals surface area contributed by atoms with Crippen LogP contribution in [0.4, 0.5) is 0 Å². The van der Waals surface area contributed by atoms with Crippen LogP contribution < -0.4 is 0 Å². The monoisotopic (exact) mass is 670 g/mol. The molecule has 0 N–H and O–H groups in total. The molecule has 0 saturated heterocycles. The van der Waals surface area contributed by atoms with Crippen molar-refractivity contribution in [1.29, 1.82) is 5.26 Å². The zero-order chi connectivity index (χ0) is 35.7. The Morgan fingerprint density at radius 3 is 1.62 bits per heavy atom. The van der Waals surface area contributed by atoms with Gasteiger partial charge < -0.3 is 0 Å². The Morgan fingerprint density at radius 2 is 1.04 bits per heavy atom. The van der Waals surface area contributed by atoms with Crippen LogP contribution in [0.2, 0.25) is 0 Å². The molecule has 0 saturated carbocycles. The number of nitrogens with zero attached hydrogens (tertiary/aromatic N) is 4. The lowest BCUT2D eigenvalue weighted by atomic mass is 9.87. The molecule has 9 rings (SSSR count). The predicted molar refractivity (Wildman–Crippen MR) is 217 cm³/mol. The SMILES string of the molecule is Cc1cc(-c2cccc(-n3c4ccccc4c4c(C#N)c5c6ccccc6n(-c6cccc(C(C)(C)C)c6)c5nc43)c2)c(C)cc1-c1ccccc1. The number of hydrogen-bond acceptors (Lipinski definition) is 2. The quantitative estimate of drug-likeness (QED) is 0.187. The van der Waals surface area contributed by atoms with E-state index in [4.69, 9.17) is 4.98 Å². The molecule has 0 fully saturated rings. The van der Waals surface area contributed by atoms with Gasteiger partial charge in [-0.3, -0.25) is 9.13 Å². The van der Waals surface area contributed by atoms with Crippen molar-refractivity contribution in [3.8, 4) is 39.7 Å². The summed E-state index contributed by atoms with van der Waals surface area (Å²) in [6.07, 6.45) is 0. The summed E-state index contributed by atoms with van der Waals surface area (Å²) >= 11 is 0. The van der Waals surface area contributed by atoms with Crippen LogP contribution in [0.15, 0.2) is 140 Å². The van der Waals surface area contributed by atoms with E-state index in [9.17, 15) is 5.26 Å². The van der Waals surface area contributed by atoms with Crippen molar-refractivity contribution in [1.82, 2.24) is 14.1 Å². The maximum absolute atomic E-state index is 11.0. The number of pyridine rings is 1. The maximum Gasteiger partial charge on any atom is 0.149 e. The molecule has 0 aliphatic rings. The van der Waals surface area contributed by atoms with Gasteiger partial charge in [0.2, 0.25) is 0 Å². The Labute approximate surface area is 303 Å². The largest absolute Gasteiger partial charge is 0.294 e. The summed E-state index contributed by atoms with van der Waals surface area (Å²) in [5.74, 6) is 0. The zero-order valence-corrected chi connectivity index (χ0v) is 30.1. The van der Waals surface area contributed by atoms with Gasteiger partial charge in [-0.05, 0) is 94.6 Å². The Bertz CT molecular complexity index is 2910. The van der Waals surface area contributed by atoms with Crippen molar-refractivity contribution in [3.63, 3.8) is 0 Å². The number of fused-ring (bicyclic) bond motifs is 6. The topological polar surface area (TPSA) is 46.5 Å². The minimum atomic E-state index is -0.0243. The van der Waals surface area contributed by atoms with Gasteiger partial charge in [-0.25, -0.2) is 4.98 Å². The molecule has 0 aliphatic heterocycles. The molecule has 4 nitrogen and oxygen atoms in total. The van der Waals surface area contributed by atoms with E-state index in [0.29, 0.717) is 5.56 Å². The van der Waals surface area contributed by atoms with E-state index in [-0.39, 0.29) is 5.41 Å². The van der Waals surface area contributed by atoms with Crippen LogP contribution in [0.5, 0.6) is 0 Å². The van der Waals surface area contributed by atoms with Crippen LogP contribution in [0.1, 0.15) is 43.0 Å². The van der Waals surface area contributed by atoms with Crippen molar-refractivity contribution >= 4 is 43.9 Å². The molecule has 3 aromatic heterocycles. The van der Waals surface area contributed by atoms with E-state index in [2.05, 4.69) is 183 Å². The fourth-order valence-electron chi connectivity index (χ4n) is 8.00. The van der Waals surface area contributed by atoms with Gasteiger partial charge in [0.05, 0.1) is 16.6 Å². The second-order valence-electron chi connectivity index (χ2n) is 14.9. The molecule has 0 aliphatic carbocycles. The number of nitriles is 1. The standard InChI is InChI=1S/C48H38N4/c1-30-26-40(31(2)25-39(30)32-15-7-6-8-16-32)33-17-13-19-35(27-33)51-42-23-11-9-21-37(42)44-41(29-49)45-38-22-10-12-24-43(38)52(47(45)50-46(44)51)36-20-14-18-34(28-36)48(3,4)5/h6-28H,1-5H3. The predicted octanol–water partition coefficient (Wildman–Crippen LogP) is 12.4. The number of para-hydroxylation sites is 2. The summed E-state index contributed by atoms with van der Waals surface area (Å²) in [6, 6.07) is 52.0. The summed E-state index contributed by atoms with van der Waals surface area (Å²) in [5.41, 5.74) is 14.8. The first kappa shape index (κ1) is 31.5. The molecule has 9 aromatic rings. The molecule has 0 spiro atoms. The van der Waals surface area contributed by atoms with Gasteiger partial charge in [0.25, 0.3) is 0 Å². The lowest BCUT2D eigenvalue weighted by molar-refractivity contribution is 0.590. The Morgan fingerprint density at radius 1 is 0.538 bits per heavy atom. The van der Waals surface area contributed by atoms with Crippen molar-refractivity contribution in [2.75, 3.05) is 0 Å². The Balaban J connectivity index is 1.33. The summed E-state index contributed by atoms with van der Waals surface area (Å²) in [7, 11) is 0. The van der Waals surface area contributed by atoms with Gasteiger partial charge in [-0.2, -0.15) is 5.26 Å². The Kier molecular flexibility index (Phi) is 7.17. The normalized spacial score (nSPS) is 11.9. The van der Waals surface area contributed by atoms with Gasteiger partial charge in [-0.1, -0.05) is 124 Å². The first-order valence-electron chi connectivity index (χ1n) is 17.9. The summed E-state index contributed by atoms with van der Waals surface area (Å²) in [6.45, 7) is 11.1. The molecular weight excluding hydrogens is 633 g/mol. The third-order valence-electron chi connectivity index (χ3n) is 10.6. The van der Waals surface area contributed by atoms with Gasteiger partial charge in [0.1, 0.15) is 17.4 Å². The molecule has 52 heavy (non-hydrogen) atoms. The molecule has 0 unspecified atom stereocenters. The molecule has 0 atom stereocenters. The van der Waals surface area contributed by atoms with Crippen molar-refractivity contribution in [3.05, 3.63) is 162 Å². The van der Waals surface area contributed by atoms with Gasteiger partial charge in [0.15, 0.2) is 0 Å². The summed E-state index contributed by atoms with van der Waals surface area (Å²) < 4.78 is 4.47. The first-order valence-corrected chi connectivity index (χ1v) is 17.9. The molecule has 4 heteroatoms. The van der Waals surface area contributed by atoms with Crippen LogP contribution in [0.3, 0.4) is 0 Å². The van der Waals surface area contributed by atoms with Crippen LogP contribution in [-0.4, -0.2) is 14.1 Å². The van der Waals surface area contributed by atoms with Crippen LogP contribution >= 0.6 is 0 Å². The summed E-state index contributed by atoms with van der Waals surface area (Å²) in [5, 5.41) is 14.8. The lowest BCUT2D eigenvalue weighted by Crippen LogP contribution is -2.11. The minimum Gasteiger partial charge on any atom is -0.294 e. The van der Waals surface area contributed by atoms with E-state index in [0.717, 1.165) is 60.8 Å². The number of rotatable bonds is 4. The van der Waals surface area contributed by atoms with Crippen molar-refractivity contribution < 1.29 is 0 Å². The van der Waals surface area contributed by atoms with E-state index in [1.54, 1.807) is 0 Å². The van der Waals surface area contributed by atoms with Gasteiger partial charge in [0, 0.05) is 32.9 Å². The number of benzene rings is 6. The number of hydrogen-bond donors (Lipinski definition) is 0. The molecule has 250 valence electrons. The van der Waals surface area contributed by atoms with Crippen LogP contribution in [-0.2, 0) is 5.41 Å². The second-order valence-corrected chi connectivity index (χ2v) is 14.9. The van der Waals surface area contributed by atoms with Crippen molar-refractivity contribution in [2.24, 2.45) is 0 Å². The molecule has 6 aromatic carbocycles.